The Morgan fingerprint density at radius 1 is 1.24 bits per heavy atom. The van der Waals surface area contributed by atoms with E-state index < -0.39 is 27.8 Å². The topological polar surface area (TPSA) is 75.3 Å². The van der Waals surface area contributed by atoms with Crippen molar-refractivity contribution in [3.8, 4) is 0 Å². The van der Waals surface area contributed by atoms with Crippen molar-refractivity contribution in [2.45, 2.75) is 17.2 Å². The minimum atomic E-state index is -3.75. The molecular formula is C13H13FN2O3S2. The molecule has 0 aliphatic heterocycles. The van der Waals surface area contributed by atoms with Crippen molar-refractivity contribution >= 4 is 33.0 Å². The summed E-state index contributed by atoms with van der Waals surface area (Å²) in [4.78, 5) is 11.9. The summed E-state index contributed by atoms with van der Waals surface area (Å²) in [7, 11) is -3.75. The van der Waals surface area contributed by atoms with Crippen LogP contribution in [0.3, 0.4) is 0 Å². The minimum absolute atomic E-state index is 0.00433. The molecule has 8 heteroatoms. The van der Waals surface area contributed by atoms with Gasteiger partial charge in [-0.25, -0.2) is 12.8 Å². The highest BCUT2D eigenvalue weighted by molar-refractivity contribution is 7.91. The van der Waals surface area contributed by atoms with E-state index in [1.54, 1.807) is 17.5 Å². The molecular weight excluding hydrogens is 315 g/mol. The van der Waals surface area contributed by atoms with Crippen LogP contribution in [0.4, 0.5) is 10.1 Å². The van der Waals surface area contributed by atoms with Crippen LogP contribution < -0.4 is 10.0 Å². The molecule has 0 aliphatic rings. The number of hydrogen-bond donors (Lipinski definition) is 2. The van der Waals surface area contributed by atoms with Gasteiger partial charge in [0.25, 0.3) is 10.0 Å². The maximum atomic E-state index is 13.4. The number of nitrogens with one attached hydrogen (secondary N) is 2. The highest BCUT2D eigenvalue weighted by Gasteiger charge is 2.23. The van der Waals surface area contributed by atoms with E-state index in [1.165, 1.54) is 31.2 Å². The molecule has 0 aliphatic carbocycles. The van der Waals surface area contributed by atoms with Crippen LogP contribution in [-0.4, -0.2) is 20.4 Å². The third kappa shape index (κ3) is 3.87. The Kier molecular flexibility index (Phi) is 4.71. The maximum absolute atomic E-state index is 13.4. The number of benzene rings is 1. The number of carbonyl (C=O) groups is 1. The molecule has 1 atom stereocenters. The number of sulfonamides is 1. The van der Waals surface area contributed by atoms with Gasteiger partial charge in [-0.1, -0.05) is 18.2 Å². The lowest BCUT2D eigenvalue weighted by atomic mass is 10.2. The second-order valence-electron chi connectivity index (χ2n) is 4.24. The maximum Gasteiger partial charge on any atom is 0.250 e. The number of rotatable bonds is 5. The Morgan fingerprint density at radius 3 is 2.57 bits per heavy atom. The molecule has 1 aromatic carbocycles. The molecule has 2 N–H and O–H groups in total. The predicted molar refractivity (Wildman–Crippen MR) is 79.1 cm³/mol. The Hall–Kier alpha value is -1.77. The molecule has 1 aromatic heterocycles. The first-order valence-corrected chi connectivity index (χ1v) is 8.37. The number of para-hydroxylation sites is 1. The van der Waals surface area contributed by atoms with Crippen molar-refractivity contribution in [3.63, 3.8) is 0 Å². The molecule has 0 radical (unpaired) electrons. The number of anilines is 1. The van der Waals surface area contributed by atoms with E-state index in [-0.39, 0.29) is 9.90 Å². The number of hydrogen-bond acceptors (Lipinski definition) is 4. The van der Waals surface area contributed by atoms with Gasteiger partial charge in [-0.15, -0.1) is 11.3 Å². The fourth-order valence-corrected chi connectivity index (χ4v) is 3.78. The van der Waals surface area contributed by atoms with Gasteiger partial charge in [-0.2, -0.15) is 4.72 Å². The van der Waals surface area contributed by atoms with Crippen molar-refractivity contribution < 1.29 is 17.6 Å². The van der Waals surface area contributed by atoms with Crippen LogP contribution in [0, 0.1) is 5.82 Å². The molecule has 1 unspecified atom stereocenters. The van der Waals surface area contributed by atoms with Crippen molar-refractivity contribution in [2.24, 2.45) is 0 Å². The van der Waals surface area contributed by atoms with E-state index in [2.05, 4.69) is 10.0 Å². The van der Waals surface area contributed by atoms with Gasteiger partial charge in [-0.3, -0.25) is 4.79 Å². The van der Waals surface area contributed by atoms with E-state index in [0.29, 0.717) is 0 Å². The van der Waals surface area contributed by atoms with E-state index in [1.807, 2.05) is 0 Å². The molecule has 5 nitrogen and oxygen atoms in total. The fourth-order valence-electron chi connectivity index (χ4n) is 1.56. The SMILES string of the molecule is CC(NS(=O)(=O)c1cccs1)C(=O)Nc1ccccc1F. The van der Waals surface area contributed by atoms with E-state index in [4.69, 9.17) is 0 Å². The average molecular weight is 328 g/mol. The minimum Gasteiger partial charge on any atom is -0.322 e. The largest absolute Gasteiger partial charge is 0.322 e. The van der Waals surface area contributed by atoms with Crippen LogP contribution in [0.5, 0.6) is 0 Å². The van der Waals surface area contributed by atoms with Crippen molar-refractivity contribution in [1.82, 2.24) is 4.72 Å². The van der Waals surface area contributed by atoms with Crippen molar-refractivity contribution in [1.29, 1.82) is 0 Å². The smallest absolute Gasteiger partial charge is 0.250 e. The van der Waals surface area contributed by atoms with Crippen LogP contribution in [-0.2, 0) is 14.8 Å². The van der Waals surface area contributed by atoms with Crippen LogP contribution in [0.1, 0.15) is 6.92 Å². The monoisotopic (exact) mass is 328 g/mol. The summed E-state index contributed by atoms with van der Waals surface area (Å²) in [5, 5.41) is 3.96. The molecule has 2 aromatic rings. The zero-order valence-corrected chi connectivity index (χ0v) is 12.7. The first kappa shape index (κ1) is 15.6. The van der Waals surface area contributed by atoms with Crippen LogP contribution in [0.15, 0.2) is 46.0 Å². The summed E-state index contributed by atoms with van der Waals surface area (Å²) in [5.74, 6) is -1.22. The predicted octanol–water partition coefficient (Wildman–Crippen LogP) is 2.19. The highest BCUT2D eigenvalue weighted by Crippen LogP contribution is 2.16. The molecule has 2 rings (SSSR count). The highest BCUT2D eigenvalue weighted by atomic mass is 32.2. The van der Waals surface area contributed by atoms with Gasteiger partial charge in [0.05, 0.1) is 11.7 Å². The summed E-state index contributed by atoms with van der Waals surface area (Å²) >= 11 is 1.05. The summed E-state index contributed by atoms with van der Waals surface area (Å²) in [6.45, 7) is 1.39. The average Bonchev–Trinajstić information content (AvgIpc) is 2.95. The second-order valence-corrected chi connectivity index (χ2v) is 7.13. The Labute approximate surface area is 125 Å². The molecule has 21 heavy (non-hydrogen) atoms. The van der Waals surface area contributed by atoms with Crippen molar-refractivity contribution in [2.75, 3.05) is 5.32 Å². The lowest BCUT2D eigenvalue weighted by Gasteiger charge is -2.14. The molecule has 1 amide bonds. The standard InChI is InChI=1S/C13H13FN2O3S2/c1-9(16-21(18,19)12-7-4-8-20-12)13(17)15-11-6-3-2-5-10(11)14/h2-9,16H,1H3,(H,15,17). The Bertz CT molecular complexity index is 730. The molecule has 0 saturated heterocycles. The lowest BCUT2D eigenvalue weighted by Crippen LogP contribution is -2.41. The Balaban J connectivity index is 2.05. The number of thiophene rings is 1. The summed E-state index contributed by atoms with van der Waals surface area (Å²) < 4.78 is 39.7. The summed E-state index contributed by atoms with van der Waals surface area (Å²) in [6, 6.07) is 7.67. The van der Waals surface area contributed by atoms with Crippen LogP contribution >= 0.6 is 11.3 Å². The zero-order chi connectivity index (χ0) is 15.5. The van der Waals surface area contributed by atoms with Gasteiger partial charge >= 0.3 is 0 Å². The van der Waals surface area contributed by atoms with Gasteiger partial charge in [0.2, 0.25) is 5.91 Å². The van der Waals surface area contributed by atoms with E-state index >= 15 is 0 Å². The quantitative estimate of drug-likeness (QED) is 0.883. The molecule has 0 bridgehead atoms. The number of carbonyl (C=O) groups excluding carboxylic acids is 1. The van der Waals surface area contributed by atoms with Gasteiger partial charge < -0.3 is 5.32 Å². The summed E-state index contributed by atoms with van der Waals surface area (Å²) in [6.07, 6.45) is 0. The number of amides is 1. The van der Waals surface area contributed by atoms with Crippen LogP contribution in [0.25, 0.3) is 0 Å². The third-order valence-electron chi connectivity index (χ3n) is 2.62. The lowest BCUT2D eigenvalue weighted by molar-refractivity contribution is -0.117. The van der Waals surface area contributed by atoms with Gasteiger partial charge in [0, 0.05) is 0 Å². The second kappa shape index (κ2) is 6.33. The van der Waals surface area contributed by atoms with Crippen molar-refractivity contribution in [3.05, 3.63) is 47.6 Å². The molecule has 0 saturated carbocycles. The molecule has 0 fully saturated rings. The zero-order valence-electron chi connectivity index (χ0n) is 11.0. The van der Waals surface area contributed by atoms with Gasteiger partial charge in [0.1, 0.15) is 10.0 Å². The molecule has 112 valence electrons. The first-order valence-electron chi connectivity index (χ1n) is 6.01. The molecule has 1 heterocycles. The van der Waals surface area contributed by atoms with E-state index in [0.717, 1.165) is 11.3 Å². The van der Waals surface area contributed by atoms with Gasteiger partial charge in [0.15, 0.2) is 0 Å². The normalized spacial score (nSPS) is 12.9. The van der Waals surface area contributed by atoms with Crippen LogP contribution in [0.2, 0.25) is 0 Å². The summed E-state index contributed by atoms with van der Waals surface area (Å²) in [5.41, 5.74) is 0.00433. The molecule has 0 spiro atoms. The number of halogens is 1. The Morgan fingerprint density at radius 2 is 1.95 bits per heavy atom. The van der Waals surface area contributed by atoms with Gasteiger partial charge in [-0.05, 0) is 30.5 Å². The fraction of sp³-hybridized carbons (Fsp3) is 0.154. The van der Waals surface area contributed by atoms with E-state index in [9.17, 15) is 17.6 Å². The first-order chi connectivity index (χ1) is 9.90. The third-order valence-corrected chi connectivity index (χ3v) is 5.56.